The molecule has 7 nitrogen and oxygen atoms in total. The van der Waals surface area contributed by atoms with Crippen molar-refractivity contribution >= 4 is 34.5 Å². The first kappa shape index (κ1) is 26.6. The van der Waals surface area contributed by atoms with E-state index >= 15 is 0 Å². The zero-order valence-corrected chi connectivity index (χ0v) is 21.5. The van der Waals surface area contributed by atoms with Crippen LogP contribution in [0.3, 0.4) is 0 Å². The maximum atomic E-state index is 12.0. The predicted molar refractivity (Wildman–Crippen MR) is 133 cm³/mol. The SMILES string of the molecule is CCCc1cc(Cl)c2oc(C(OC)c3ccc(C(=O)OCC)cc3)c(C)c2c1OCC(=O)OCC. The van der Waals surface area contributed by atoms with E-state index in [2.05, 4.69) is 6.92 Å². The van der Waals surface area contributed by atoms with Crippen LogP contribution in [0.5, 0.6) is 5.75 Å². The third kappa shape index (κ3) is 5.80. The molecule has 1 unspecified atom stereocenters. The highest BCUT2D eigenvalue weighted by molar-refractivity contribution is 6.35. The summed E-state index contributed by atoms with van der Waals surface area (Å²) in [6.07, 6.45) is 1.04. The number of halogens is 1. The lowest BCUT2D eigenvalue weighted by atomic mass is 9.99. The number of methoxy groups -OCH3 is 1. The molecule has 0 radical (unpaired) electrons. The number of carbonyl (C=O) groups excluding carboxylic acids is 2. The molecule has 1 atom stereocenters. The van der Waals surface area contributed by atoms with Gasteiger partial charge in [-0.1, -0.05) is 37.1 Å². The maximum absolute atomic E-state index is 12.0. The Hall–Kier alpha value is -3.03. The number of hydrogen-bond donors (Lipinski definition) is 0. The van der Waals surface area contributed by atoms with Crippen molar-refractivity contribution in [3.05, 3.63) is 63.4 Å². The normalized spacial score (nSPS) is 11.9. The first-order valence-electron chi connectivity index (χ1n) is 11.7. The van der Waals surface area contributed by atoms with Gasteiger partial charge in [-0.3, -0.25) is 0 Å². The molecule has 8 heteroatoms. The molecule has 0 aliphatic heterocycles. The van der Waals surface area contributed by atoms with Gasteiger partial charge in [0, 0.05) is 12.7 Å². The van der Waals surface area contributed by atoms with Crippen molar-refractivity contribution in [3.8, 4) is 5.75 Å². The number of furan rings is 1. The van der Waals surface area contributed by atoms with Gasteiger partial charge in [0.05, 0.1) is 29.2 Å². The molecule has 3 rings (SSSR count). The molecule has 188 valence electrons. The van der Waals surface area contributed by atoms with E-state index in [1.807, 2.05) is 13.0 Å². The summed E-state index contributed by atoms with van der Waals surface area (Å²) in [7, 11) is 1.58. The van der Waals surface area contributed by atoms with Gasteiger partial charge in [-0.25, -0.2) is 9.59 Å². The molecule has 1 heterocycles. The lowest BCUT2D eigenvalue weighted by Gasteiger charge is -2.15. The molecule has 0 amide bonds. The average Bonchev–Trinajstić information content (AvgIpc) is 3.18. The van der Waals surface area contributed by atoms with Crippen LogP contribution in [-0.2, 0) is 25.4 Å². The molecule has 0 bridgehead atoms. The van der Waals surface area contributed by atoms with Gasteiger partial charge in [0.15, 0.2) is 12.2 Å². The van der Waals surface area contributed by atoms with Crippen molar-refractivity contribution in [3.63, 3.8) is 0 Å². The molecule has 0 aliphatic rings. The van der Waals surface area contributed by atoms with Crippen LogP contribution >= 0.6 is 11.6 Å². The Bertz CT molecular complexity index is 1180. The second-order valence-corrected chi connectivity index (χ2v) is 8.35. The minimum absolute atomic E-state index is 0.218. The van der Waals surface area contributed by atoms with E-state index in [9.17, 15) is 9.59 Å². The number of carbonyl (C=O) groups is 2. The van der Waals surface area contributed by atoms with E-state index in [4.69, 9.17) is 35.0 Å². The standard InChI is InChI=1S/C27H31ClO7/c1-6-9-19-14-20(28)26-22(24(19)34-15-21(29)32-7-2)16(4)23(35-26)25(31-5)17-10-12-18(13-11-17)27(30)33-8-3/h10-14,25H,6-9,15H2,1-5H3. The van der Waals surface area contributed by atoms with E-state index < -0.39 is 12.1 Å². The number of rotatable bonds is 11. The highest BCUT2D eigenvalue weighted by Crippen LogP contribution is 2.44. The number of aryl methyl sites for hydroxylation is 2. The largest absolute Gasteiger partial charge is 0.481 e. The summed E-state index contributed by atoms with van der Waals surface area (Å²) < 4.78 is 28.1. The molecule has 0 saturated carbocycles. The number of fused-ring (bicyclic) bond motifs is 1. The Morgan fingerprint density at radius 2 is 1.74 bits per heavy atom. The van der Waals surface area contributed by atoms with E-state index in [1.165, 1.54) is 0 Å². The Morgan fingerprint density at radius 3 is 2.34 bits per heavy atom. The summed E-state index contributed by atoms with van der Waals surface area (Å²) in [4.78, 5) is 24.0. The summed E-state index contributed by atoms with van der Waals surface area (Å²) in [6, 6.07) is 8.80. The fraction of sp³-hybridized carbons (Fsp3) is 0.407. The number of esters is 2. The summed E-state index contributed by atoms with van der Waals surface area (Å²) in [5.41, 5.74) is 3.39. The number of benzene rings is 2. The van der Waals surface area contributed by atoms with E-state index in [1.54, 1.807) is 45.2 Å². The Labute approximate surface area is 210 Å². The van der Waals surface area contributed by atoms with Gasteiger partial charge in [0.2, 0.25) is 0 Å². The van der Waals surface area contributed by atoms with Crippen LogP contribution in [0.1, 0.15) is 66.1 Å². The maximum Gasteiger partial charge on any atom is 0.344 e. The molecule has 2 aromatic carbocycles. The first-order chi connectivity index (χ1) is 16.9. The van der Waals surface area contributed by atoms with Crippen molar-refractivity contribution in [2.45, 2.75) is 46.6 Å². The first-order valence-corrected chi connectivity index (χ1v) is 12.1. The highest BCUT2D eigenvalue weighted by Gasteiger charge is 2.27. The van der Waals surface area contributed by atoms with Crippen LogP contribution in [0.15, 0.2) is 34.7 Å². The van der Waals surface area contributed by atoms with E-state index in [-0.39, 0.29) is 19.2 Å². The summed E-state index contributed by atoms with van der Waals surface area (Å²) in [5.74, 6) is 0.282. The van der Waals surface area contributed by atoms with Crippen molar-refractivity contribution < 1.29 is 33.0 Å². The van der Waals surface area contributed by atoms with Crippen molar-refractivity contribution in [2.24, 2.45) is 0 Å². The molecule has 0 aliphatic carbocycles. The molecule has 35 heavy (non-hydrogen) atoms. The zero-order valence-electron chi connectivity index (χ0n) is 20.7. The van der Waals surface area contributed by atoms with Gasteiger partial charge in [-0.05, 0) is 56.5 Å². The van der Waals surface area contributed by atoms with Crippen molar-refractivity contribution in [1.29, 1.82) is 0 Å². The van der Waals surface area contributed by atoms with Gasteiger partial charge in [-0.2, -0.15) is 0 Å². The van der Waals surface area contributed by atoms with Crippen LogP contribution in [0.25, 0.3) is 11.0 Å². The molecule has 0 N–H and O–H groups in total. The molecule has 3 aromatic rings. The summed E-state index contributed by atoms with van der Waals surface area (Å²) in [5, 5.41) is 1.15. The molecular formula is C27H31ClO7. The topological polar surface area (TPSA) is 84.2 Å². The molecule has 0 fully saturated rings. The second-order valence-electron chi connectivity index (χ2n) is 7.94. The second kappa shape index (κ2) is 12.1. The average molecular weight is 503 g/mol. The molecular weight excluding hydrogens is 472 g/mol. The smallest absolute Gasteiger partial charge is 0.344 e. The molecule has 1 aromatic heterocycles. The Kier molecular flexibility index (Phi) is 9.18. The van der Waals surface area contributed by atoms with E-state index in [0.29, 0.717) is 39.7 Å². The van der Waals surface area contributed by atoms with E-state index in [0.717, 1.165) is 29.5 Å². The predicted octanol–water partition coefficient (Wildman–Crippen LogP) is 6.20. The fourth-order valence-electron chi connectivity index (χ4n) is 4.02. The fourth-order valence-corrected chi connectivity index (χ4v) is 4.29. The molecule has 0 spiro atoms. The van der Waals surface area contributed by atoms with Gasteiger partial charge in [0.25, 0.3) is 0 Å². The van der Waals surface area contributed by atoms with Gasteiger partial charge in [-0.15, -0.1) is 0 Å². The van der Waals surface area contributed by atoms with Crippen LogP contribution in [0.4, 0.5) is 0 Å². The van der Waals surface area contributed by atoms with Crippen LogP contribution in [0.2, 0.25) is 5.02 Å². The number of hydrogen-bond acceptors (Lipinski definition) is 7. The van der Waals surface area contributed by atoms with Gasteiger partial charge in [0.1, 0.15) is 17.6 Å². The van der Waals surface area contributed by atoms with Gasteiger partial charge >= 0.3 is 11.9 Å². The lowest BCUT2D eigenvalue weighted by molar-refractivity contribution is -0.145. The molecule has 0 saturated heterocycles. The lowest BCUT2D eigenvalue weighted by Crippen LogP contribution is -2.15. The van der Waals surface area contributed by atoms with Crippen molar-refractivity contribution in [2.75, 3.05) is 26.9 Å². The minimum Gasteiger partial charge on any atom is -0.481 e. The Morgan fingerprint density at radius 1 is 1.06 bits per heavy atom. The summed E-state index contributed by atoms with van der Waals surface area (Å²) >= 11 is 6.61. The highest BCUT2D eigenvalue weighted by atomic mass is 35.5. The number of ether oxygens (including phenoxy) is 4. The van der Waals surface area contributed by atoms with Crippen LogP contribution in [-0.4, -0.2) is 38.9 Å². The third-order valence-electron chi connectivity index (χ3n) is 5.58. The monoisotopic (exact) mass is 502 g/mol. The quantitative estimate of drug-likeness (QED) is 0.288. The zero-order chi connectivity index (χ0) is 25.5. The van der Waals surface area contributed by atoms with Crippen LogP contribution < -0.4 is 4.74 Å². The Balaban J connectivity index is 2.07. The van der Waals surface area contributed by atoms with Gasteiger partial charge < -0.3 is 23.4 Å². The van der Waals surface area contributed by atoms with Crippen molar-refractivity contribution in [1.82, 2.24) is 0 Å². The summed E-state index contributed by atoms with van der Waals surface area (Å²) in [6.45, 7) is 7.84. The van der Waals surface area contributed by atoms with Crippen LogP contribution in [0, 0.1) is 6.92 Å². The third-order valence-corrected chi connectivity index (χ3v) is 5.86. The minimum atomic E-state index is -0.553.